The summed E-state index contributed by atoms with van der Waals surface area (Å²) in [6.45, 7) is 4.44. The van der Waals surface area contributed by atoms with Crippen molar-refractivity contribution >= 4 is 5.82 Å². The third kappa shape index (κ3) is 2.38. The van der Waals surface area contributed by atoms with Crippen LogP contribution in [0, 0.1) is 23.0 Å². The van der Waals surface area contributed by atoms with Gasteiger partial charge in [-0.2, -0.15) is 0 Å². The fourth-order valence-corrected chi connectivity index (χ4v) is 2.12. The van der Waals surface area contributed by atoms with Crippen molar-refractivity contribution < 1.29 is 4.92 Å². The second kappa shape index (κ2) is 4.61. The average molecular weight is 224 g/mol. The number of piperidine rings is 1. The molecule has 0 unspecified atom stereocenters. The minimum atomic E-state index is -0.360. The molecule has 88 valence electrons. The van der Waals surface area contributed by atoms with Crippen LogP contribution in [0.2, 0.25) is 0 Å². The van der Waals surface area contributed by atoms with E-state index in [-0.39, 0.29) is 10.7 Å². The van der Waals surface area contributed by atoms with E-state index in [1.165, 1.54) is 10.7 Å². The zero-order valence-electron chi connectivity index (χ0n) is 9.35. The summed E-state index contributed by atoms with van der Waals surface area (Å²) >= 11 is 0. The Morgan fingerprint density at radius 1 is 1.62 bits per heavy atom. The molecule has 0 saturated carbocycles. The summed E-state index contributed by atoms with van der Waals surface area (Å²) in [6, 6.07) is 1.53. The summed E-state index contributed by atoms with van der Waals surface area (Å²) in [6.07, 6.45) is 2.13. The Kier molecular flexibility index (Phi) is 3.19. The van der Waals surface area contributed by atoms with E-state index in [1.54, 1.807) is 6.92 Å². The lowest BCUT2D eigenvalue weighted by atomic mass is 9.98. The highest BCUT2D eigenvalue weighted by Gasteiger charge is 2.22. The number of aromatic nitrogens is 2. The molecular weight excluding hydrogens is 208 g/mol. The maximum atomic E-state index is 10.8. The van der Waals surface area contributed by atoms with Crippen LogP contribution in [-0.4, -0.2) is 27.8 Å². The third-order valence-electron chi connectivity index (χ3n) is 2.96. The molecule has 2 heterocycles. The number of rotatable bonds is 3. The van der Waals surface area contributed by atoms with Gasteiger partial charge in [-0.1, -0.05) is 5.10 Å². The van der Waals surface area contributed by atoms with Crippen LogP contribution in [0.15, 0.2) is 6.07 Å². The molecule has 16 heavy (non-hydrogen) atoms. The Hall–Kier alpha value is -1.43. The molecule has 0 radical (unpaired) electrons. The summed E-state index contributed by atoms with van der Waals surface area (Å²) in [5.41, 5.74) is 0.709. The molecule has 0 spiro atoms. The summed E-state index contributed by atoms with van der Waals surface area (Å²) in [5.74, 6) is 0.607. The lowest BCUT2D eigenvalue weighted by Gasteiger charge is -2.20. The predicted octanol–water partition coefficient (Wildman–Crippen LogP) is 1.10. The van der Waals surface area contributed by atoms with Gasteiger partial charge in [-0.25, -0.2) is 0 Å². The topological polar surface area (TPSA) is 73.0 Å². The van der Waals surface area contributed by atoms with Crippen LogP contribution in [0.4, 0.5) is 5.82 Å². The average Bonchev–Trinajstić information content (AvgIpc) is 2.61. The predicted molar refractivity (Wildman–Crippen MR) is 59.2 cm³/mol. The maximum absolute atomic E-state index is 10.8. The minimum absolute atomic E-state index is 0.107. The molecule has 0 aliphatic carbocycles. The van der Waals surface area contributed by atoms with E-state index >= 15 is 0 Å². The van der Waals surface area contributed by atoms with Crippen molar-refractivity contribution in [2.24, 2.45) is 5.92 Å². The van der Waals surface area contributed by atoms with E-state index in [2.05, 4.69) is 10.4 Å². The van der Waals surface area contributed by atoms with Crippen molar-refractivity contribution in [3.05, 3.63) is 21.9 Å². The van der Waals surface area contributed by atoms with Crippen LogP contribution in [0.5, 0.6) is 0 Å². The highest BCUT2D eigenvalue weighted by Crippen LogP contribution is 2.19. The van der Waals surface area contributed by atoms with Gasteiger partial charge in [0.25, 0.3) is 0 Å². The lowest BCUT2D eigenvalue weighted by molar-refractivity contribution is -0.392. The zero-order chi connectivity index (χ0) is 11.5. The van der Waals surface area contributed by atoms with Crippen molar-refractivity contribution in [2.45, 2.75) is 26.3 Å². The van der Waals surface area contributed by atoms with E-state index in [0.29, 0.717) is 18.2 Å². The Bertz CT molecular complexity index is 382. The zero-order valence-corrected chi connectivity index (χ0v) is 9.35. The fourth-order valence-electron chi connectivity index (χ4n) is 2.12. The van der Waals surface area contributed by atoms with E-state index in [9.17, 15) is 10.1 Å². The van der Waals surface area contributed by atoms with Gasteiger partial charge in [0, 0.05) is 5.92 Å². The number of hydrogen-bond donors (Lipinski definition) is 1. The van der Waals surface area contributed by atoms with Gasteiger partial charge in [0.2, 0.25) is 0 Å². The first-order valence-electron chi connectivity index (χ1n) is 5.56. The van der Waals surface area contributed by atoms with Crippen LogP contribution in [-0.2, 0) is 6.54 Å². The quantitative estimate of drug-likeness (QED) is 0.616. The molecule has 1 aliphatic heterocycles. The van der Waals surface area contributed by atoms with E-state index in [4.69, 9.17) is 0 Å². The van der Waals surface area contributed by atoms with Crippen LogP contribution < -0.4 is 5.32 Å². The second-order valence-electron chi connectivity index (χ2n) is 4.28. The van der Waals surface area contributed by atoms with Crippen molar-refractivity contribution in [1.82, 2.24) is 15.1 Å². The molecule has 1 aliphatic rings. The van der Waals surface area contributed by atoms with E-state index in [0.717, 1.165) is 25.9 Å². The van der Waals surface area contributed by atoms with Gasteiger partial charge in [-0.05, 0) is 37.8 Å². The maximum Gasteiger partial charge on any atom is 0.345 e. The van der Waals surface area contributed by atoms with Crippen LogP contribution in [0.3, 0.4) is 0 Å². The van der Waals surface area contributed by atoms with Gasteiger partial charge in [0.1, 0.15) is 6.54 Å². The van der Waals surface area contributed by atoms with Crippen LogP contribution in [0.25, 0.3) is 0 Å². The Morgan fingerprint density at radius 3 is 2.94 bits per heavy atom. The van der Waals surface area contributed by atoms with Crippen molar-refractivity contribution in [2.75, 3.05) is 13.1 Å². The highest BCUT2D eigenvalue weighted by molar-refractivity contribution is 5.22. The van der Waals surface area contributed by atoms with Gasteiger partial charge in [0.05, 0.1) is 11.8 Å². The normalized spacial score (nSPS) is 17.6. The number of aryl methyl sites for hydroxylation is 1. The first-order chi connectivity index (χ1) is 7.66. The molecule has 1 aromatic heterocycles. The van der Waals surface area contributed by atoms with Crippen LogP contribution >= 0.6 is 0 Å². The Balaban J connectivity index is 2.10. The van der Waals surface area contributed by atoms with Crippen molar-refractivity contribution in [3.63, 3.8) is 0 Å². The molecule has 1 N–H and O–H groups in total. The molecule has 0 aromatic carbocycles. The summed E-state index contributed by atoms with van der Waals surface area (Å²) in [4.78, 5) is 10.4. The molecule has 6 heteroatoms. The van der Waals surface area contributed by atoms with Crippen molar-refractivity contribution in [1.29, 1.82) is 0 Å². The first kappa shape index (κ1) is 11.1. The third-order valence-corrected chi connectivity index (χ3v) is 2.96. The Morgan fingerprint density at radius 2 is 2.31 bits per heavy atom. The van der Waals surface area contributed by atoms with Gasteiger partial charge < -0.3 is 15.4 Å². The van der Waals surface area contributed by atoms with Crippen LogP contribution in [0.1, 0.15) is 18.5 Å². The molecule has 1 aromatic rings. The molecule has 6 nitrogen and oxygen atoms in total. The standard InChI is InChI=1S/C10H16N4O2/c1-8-6-10(14(15)16)13(12-8)7-9-2-4-11-5-3-9/h6,9,11H,2-5,7H2,1H3. The summed E-state index contributed by atoms with van der Waals surface area (Å²) < 4.78 is 1.53. The number of nitrogens with zero attached hydrogens (tertiary/aromatic N) is 3. The molecule has 1 saturated heterocycles. The van der Waals surface area contributed by atoms with Crippen molar-refractivity contribution in [3.8, 4) is 0 Å². The molecule has 2 rings (SSSR count). The first-order valence-corrected chi connectivity index (χ1v) is 5.56. The molecule has 0 atom stereocenters. The smallest absolute Gasteiger partial charge is 0.345 e. The SMILES string of the molecule is Cc1cc([N+](=O)[O-])n(CC2CCNCC2)n1. The number of nitro groups is 1. The summed E-state index contributed by atoms with van der Waals surface area (Å²) in [7, 11) is 0. The highest BCUT2D eigenvalue weighted by atomic mass is 16.6. The minimum Gasteiger partial charge on any atom is -0.358 e. The number of nitrogens with one attached hydrogen (secondary N) is 1. The lowest BCUT2D eigenvalue weighted by Crippen LogP contribution is -2.30. The molecule has 1 fully saturated rings. The fraction of sp³-hybridized carbons (Fsp3) is 0.700. The molecule has 0 amide bonds. The largest absolute Gasteiger partial charge is 0.358 e. The number of hydrogen-bond acceptors (Lipinski definition) is 4. The van der Waals surface area contributed by atoms with Gasteiger partial charge in [0.15, 0.2) is 0 Å². The monoisotopic (exact) mass is 224 g/mol. The van der Waals surface area contributed by atoms with E-state index in [1.807, 2.05) is 0 Å². The van der Waals surface area contributed by atoms with Gasteiger partial charge in [-0.3, -0.25) is 0 Å². The van der Waals surface area contributed by atoms with Gasteiger partial charge in [-0.15, -0.1) is 4.68 Å². The van der Waals surface area contributed by atoms with E-state index < -0.39 is 0 Å². The molecular formula is C10H16N4O2. The molecule has 0 bridgehead atoms. The Labute approximate surface area is 93.8 Å². The van der Waals surface area contributed by atoms with Gasteiger partial charge >= 0.3 is 5.82 Å². The second-order valence-corrected chi connectivity index (χ2v) is 4.28. The summed E-state index contributed by atoms with van der Waals surface area (Å²) in [5, 5.41) is 18.3.